The first kappa shape index (κ1) is 18.2. The van der Waals surface area contributed by atoms with Gasteiger partial charge in [-0.3, -0.25) is 14.4 Å². The van der Waals surface area contributed by atoms with E-state index in [1.807, 2.05) is 6.92 Å². The molecule has 7 heteroatoms. The van der Waals surface area contributed by atoms with Gasteiger partial charge in [0.05, 0.1) is 5.56 Å². The van der Waals surface area contributed by atoms with Gasteiger partial charge in [-0.15, -0.1) is 11.3 Å². The van der Waals surface area contributed by atoms with E-state index >= 15 is 0 Å². The Hall–Kier alpha value is -1.89. The number of hydrogen-bond donors (Lipinski definition) is 3. The molecule has 2 amide bonds. The van der Waals surface area contributed by atoms with E-state index in [1.165, 1.54) is 11.3 Å². The number of amides is 2. The van der Waals surface area contributed by atoms with Crippen molar-refractivity contribution in [2.24, 2.45) is 5.92 Å². The average Bonchev–Trinajstić information content (AvgIpc) is 2.86. The first-order chi connectivity index (χ1) is 10.3. The quantitative estimate of drug-likeness (QED) is 0.640. The maximum Gasteiger partial charge on any atom is 0.303 e. The van der Waals surface area contributed by atoms with E-state index in [-0.39, 0.29) is 24.2 Å². The van der Waals surface area contributed by atoms with E-state index in [0.29, 0.717) is 23.5 Å². The number of rotatable bonds is 8. The Morgan fingerprint density at radius 2 is 2.00 bits per heavy atom. The number of aryl methyl sites for hydroxylation is 1. The summed E-state index contributed by atoms with van der Waals surface area (Å²) in [7, 11) is 0. The second-order valence-corrected chi connectivity index (χ2v) is 6.34. The number of thiophene rings is 1. The highest BCUT2D eigenvalue weighted by atomic mass is 32.1. The van der Waals surface area contributed by atoms with Crippen LogP contribution in [0.5, 0.6) is 0 Å². The van der Waals surface area contributed by atoms with Crippen LogP contribution < -0.4 is 10.6 Å². The minimum atomic E-state index is -0.886. The highest BCUT2D eigenvalue weighted by Crippen LogP contribution is 2.29. The molecule has 0 unspecified atom stereocenters. The highest BCUT2D eigenvalue weighted by molar-refractivity contribution is 7.16. The van der Waals surface area contributed by atoms with E-state index in [4.69, 9.17) is 5.11 Å². The summed E-state index contributed by atoms with van der Waals surface area (Å²) in [5, 5.41) is 14.6. The van der Waals surface area contributed by atoms with Gasteiger partial charge >= 0.3 is 5.97 Å². The Kier molecular flexibility index (Phi) is 7.04. The summed E-state index contributed by atoms with van der Waals surface area (Å²) in [4.78, 5) is 35.5. The van der Waals surface area contributed by atoms with Crippen LogP contribution in [0, 0.1) is 5.92 Å². The minimum Gasteiger partial charge on any atom is -0.481 e. The van der Waals surface area contributed by atoms with Crippen molar-refractivity contribution in [2.75, 3.05) is 11.9 Å². The predicted molar refractivity (Wildman–Crippen MR) is 86.4 cm³/mol. The molecular weight excluding hydrogens is 304 g/mol. The summed E-state index contributed by atoms with van der Waals surface area (Å²) in [6.45, 7) is 5.85. The first-order valence-corrected chi connectivity index (χ1v) is 8.10. The van der Waals surface area contributed by atoms with Gasteiger partial charge in [0.25, 0.3) is 5.91 Å². The molecule has 1 aromatic heterocycles. The van der Waals surface area contributed by atoms with Crippen molar-refractivity contribution in [3.05, 3.63) is 16.5 Å². The monoisotopic (exact) mass is 326 g/mol. The van der Waals surface area contributed by atoms with Crippen molar-refractivity contribution in [1.29, 1.82) is 0 Å². The number of nitrogens with one attached hydrogen (secondary N) is 2. The Labute approximate surface area is 133 Å². The molecule has 0 fully saturated rings. The molecule has 1 rings (SSSR count). The molecule has 22 heavy (non-hydrogen) atoms. The smallest absolute Gasteiger partial charge is 0.303 e. The molecule has 0 spiro atoms. The lowest BCUT2D eigenvalue weighted by atomic mass is 10.2. The summed E-state index contributed by atoms with van der Waals surface area (Å²) >= 11 is 1.39. The van der Waals surface area contributed by atoms with Crippen LogP contribution in [0.3, 0.4) is 0 Å². The number of aliphatic carboxylic acids is 1. The van der Waals surface area contributed by atoms with E-state index in [0.717, 1.165) is 11.3 Å². The molecule has 0 aliphatic carbocycles. The van der Waals surface area contributed by atoms with Gasteiger partial charge in [0.2, 0.25) is 5.91 Å². The fourth-order valence-electron chi connectivity index (χ4n) is 1.67. The summed E-state index contributed by atoms with van der Waals surface area (Å²) in [5.74, 6) is -1.48. The van der Waals surface area contributed by atoms with Crippen molar-refractivity contribution in [2.45, 2.75) is 40.0 Å². The normalized spacial score (nSPS) is 10.5. The number of carbonyl (C=O) groups is 3. The standard InChI is InChI=1S/C15H22N2O4S/c1-4-10-8-11(14(21)16-7-5-6-12(18)19)15(22-10)17-13(20)9(2)3/h8-9H,4-7H2,1-3H3,(H,16,21)(H,17,20)(H,18,19). The van der Waals surface area contributed by atoms with E-state index < -0.39 is 5.97 Å². The molecule has 6 nitrogen and oxygen atoms in total. The molecule has 0 aliphatic heterocycles. The fraction of sp³-hybridized carbons (Fsp3) is 0.533. The third kappa shape index (κ3) is 5.48. The second kappa shape index (κ2) is 8.53. The van der Waals surface area contributed by atoms with Gasteiger partial charge in [-0.2, -0.15) is 0 Å². The molecule has 0 radical (unpaired) electrons. The van der Waals surface area contributed by atoms with E-state index in [9.17, 15) is 14.4 Å². The maximum absolute atomic E-state index is 12.2. The Bertz CT molecular complexity index is 552. The number of hydrogen-bond acceptors (Lipinski definition) is 4. The van der Waals surface area contributed by atoms with Crippen LogP contribution >= 0.6 is 11.3 Å². The van der Waals surface area contributed by atoms with Crippen LogP contribution in [-0.4, -0.2) is 29.4 Å². The lowest BCUT2D eigenvalue weighted by Gasteiger charge is -2.08. The SMILES string of the molecule is CCc1cc(C(=O)NCCCC(=O)O)c(NC(=O)C(C)C)s1. The zero-order valence-electron chi connectivity index (χ0n) is 13.1. The van der Waals surface area contributed by atoms with Gasteiger partial charge in [-0.1, -0.05) is 20.8 Å². The van der Waals surface area contributed by atoms with Crippen LogP contribution in [0.4, 0.5) is 5.00 Å². The Balaban J connectivity index is 2.74. The first-order valence-electron chi connectivity index (χ1n) is 7.28. The summed E-state index contributed by atoms with van der Waals surface area (Å²) in [5.41, 5.74) is 0.436. The van der Waals surface area contributed by atoms with Crippen molar-refractivity contribution in [3.8, 4) is 0 Å². The van der Waals surface area contributed by atoms with Crippen molar-refractivity contribution >= 4 is 34.1 Å². The number of carbonyl (C=O) groups excluding carboxylic acids is 2. The molecule has 0 bridgehead atoms. The average molecular weight is 326 g/mol. The number of carboxylic acid groups (broad SMARTS) is 1. The molecule has 0 aliphatic rings. The van der Waals surface area contributed by atoms with Crippen LogP contribution in [0.1, 0.15) is 48.8 Å². The fourth-order valence-corrected chi connectivity index (χ4v) is 2.67. The van der Waals surface area contributed by atoms with Crippen LogP contribution in [0.2, 0.25) is 0 Å². The molecule has 0 atom stereocenters. The molecule has 0 saturated heterocycles. The minimum absolute atomic E-state index is 0.0149. The summed E-state index contributed by atoms with van der Waals surface area (Å²) in [6, 6.07) is 1.77. The van der Waals surface area contributed by atoms with Gasteiger partial charge in [0.15, 0.2) is 0 Å². The molecule has 1 aromatic rings. The summed E-state index contributed by atoms with van der Waals surface area (Å²) < 4.78 is 0. The molecule has 122 valence electrons. The van der Waals surface area contributed by atoms with Crippen molar-refractivity contribution in [3.63, 3.8) is 0 Å². The van der Waals surface area contributed by atoms with Gasteiger partial charge in [0, 0.05) is 23.8 Å². The Morgan fingerprint density at radius 1 is 1.32 bits per heavy atom. The number of anilines is 1. The highest BCUT2D eigenvalue weighted by Gasteiger charge is 2.18. The lowest BCUT2D eigenvalue weighted by Crippen LogP contribution is -2.26. The lowest BCUT2D eigenvalue weighted by molar-refractivity contribution is -0.137. The zero-order chi connectivity index (χ0) is 16.7. The van der Waals surface area contributed by atoms with Crippen molar-refractivity contribution in [1.82, 2.24) is 5.32 Å². The van der Waals surface area contributed by atoms with Crippen molar-refractivity contribution < 1.29 is 19.5 Å². The Morgan fingerprint density at radius 3 is 2.55 bits per heavy atom. The van der Waals surface area contributed by atoms with Gasteiger partial charge in [-0.05, 0) is 18.9 Å². The summed E-state index contributed by atoms with van der Waals surface area (Å²) in [6.07, 6.45) is 1.17. The third-order valence-corrected chi connectivity index (χ3v) is 4.19. The second-order valence-electron chi connectivity index (χ2n) is 5.21. The van der Waals surface area contributed by atoms with Gasteiger partial charge in [-0.25, -0.2) is 0 Å². The molecule has 0 aromatic carbocycles. The van der Waals surface area contributed by atoms with E-state index in [1.54, 1.807) is 19.9 Å². The van der Waals surface area contributed by atoms with Gasteiger partial charge < -0.3 is 15.7 Å². The molecule has 1 heterocycles. The third-order valence-electron chi connectivity index (χ3n) is 2.99. The van der Waals surface area contributed by atoms with Crippen LogP contribution in [0.15, 0.2) is 6.07 Å². The van der Waals surface area contributed by atoms with Crippen LogP contribution in [0.25, 0.3) is 0 Å². The zero-order valence-corrected chi connectivity index (χ0v) is 13.9. The van der Waals surface area contributed by atoms with Crippen LogP contribution in [-0.2, 0) is 16.0 Å². The largest absolute Gasteiger partial charge is 0.481 e. The predicted octanol–water partition coefficient (Wildman–Crippen LogP) is 2.50. The van der Waals surface area contributed by atoms with Gasteiger partial charge in [0.1, 0.15) is 5.00 Å². The maximum atomic E-state index is 12.2. The number of carboxylic acids is 1. The van der Waals surface area contributed by atoms with E-state index in [2.05, 4.69) is 10.6 Å². The molecular formula is C15H22N2O4S. The molecule has 0 saturated carbocycles. The topological polar surface area (TPSA) is 95.5 Å². The molecule has 3 N–H and O–H groups in total.